The van der Waals surface area contributed by atoms with E-state index in [0.717, 1.165) is 17.7 Å². The molecule has 2 aromatic rings. The van der Waals surface area contributed by atoms with Crippen LogP contribution in [-0.4, -0.2) is 39.6 Å². The van der Waals surface area contributed by atoms with E-state index in [-0.39, 0.29) is 18.1 Å². The Morgan fingerprint density at radius 3 is 2.86 bits per heavy atom. The topological polar surface area (TPSA) is 55.3 Å². The van der Waals surface area contributed by atoms with Gasteiger partial charge in [0.25, 0.3) is 5.91 Å². The third-order valence-corrected chi connectivity index (χ3v) is 4.56. The molecule has 3 rings (SSSR count). The minimum absolute atomic E-state index is 0.00821. The number of ether oxygens (including phenoxy) is 1. The summed E-state index contributed by atoms with van der Waals surface area (Å²) in [5.74, 6) is 0.0166. The minimum atomic E-state index is -0.0835. The van der Waals surface area contributed by atoms with Gasteiger partial charge in [0.1, 0.15) is 11.0 Å². The number of amides is 1. The zero-order valence-electron chi connectivity index (χ0n) is 12.7. The summed E-state index contributed by atoms with van der Waals surface area (Å²) in [7, 11) is 0. The Morgan fingerprint density at radius 1 is 1.36 bits per heavy atom. The average molecular weight is 317 g/mol. The van der Waals surface area contributed by atoms with E-state index in [0.29, 0.717) is 18.0 Å². The summed E-state index contributed by atoms with van der Waals surface area (Å²) in [5.41, 5.74) is 1.88. The highest BCUT2D eigenvalue weighted by atomic mass is 32.1. The van der Waals surface area contributed by atoms with E-state index < -0.39 is 0 Å². The Labute approximate surface area is 134 Å². The number of hydrogen-bond acceptors (Lipinski definition) is 5. The third kappa shape index (κ3) is 3.03. The second-order valence-corrected chi connectivity index (χ2v) is 6.21. The first kappa shape index (κ1) is 15.1. The fourth-order valence-electron chi connectivity index (χ4n) is 2.72. The van der Waals surface area contributed by atoms with E-state index >= 15 is 0 Å². The van der Waals surface area contributed by atoms with E-state index in [9.17, 15) is 4.79 Å². The van der Waals surface area contributed by atoms with Crippen LogP contribution in [0.1, 0.15) is 40.9 Å². The van der Waals surface area contributed by atoms with Crippen LogP contribution >= 0.6 is 11.5 Å². The number of carbonyl (C=O) groups excluding carboxylic acids is 1. The molecule has 0 spiro atoms. The predicted molar refractivity (Wildman–Crippen MR) is 84.9 cm³/mol. The number of benzene rings is 1. The monoisotopic (exact) mass is 317 g/mol. The Morgan fingerprint density at radius 2 is 2.14 bits per heavy atom. The fourth-order valence-corrected chi connectivity index (χ4v) is 3.43. The Kier molecular flexibility index (Phi) is 4.49. The molecule has 0 bridgehead atoms. The van der Waals surface area contributed by atoms with Crippen molar-refractivity contribution in [1.29, 1.82) is 0 Å². The molecule has 1 saturated heterocycles. The van der Waals surface area contributed by atoms with Crippen LogP contribution in [0.15, 0.2) is 30.3 Å². The Bertz CT molecular complexity index is 644. The van der Waals surface area contributed by atoms with Crippen molar-refractivity contribution in [3.05, 3.63) is 46.5 Å². The van der Waals surface area contributed by atoms with Crippen molar-refractivity contribution >= 4 is 17.4 Å². The Hall–Kier alpha value is -1.79. The molecule has 1 aliphatic heterocycles. The quantitative estimate of drug-likeness (QED) is 0.873. The van der Waals surface area contributed by atoms with E-state index in [1.807, 2.05) is 49.1 Å². The van der Waals surface area contributed by atoms with Gasteiger partial charge in [0.2, 0.25) is 0 Å². The normalized spacial score (nSPS) is 21.8. The second-order valence-electron chi connectivity index (χ2n) is 5.46. The van der Waals surface area contributed by atoms with Crippen molar-refractivity contribution in [1.82, 2.24) is 14.5 Å². The lowest BCUT2D eigenvalue weighted by molar-refractivity contribution is -0.0691. The fraction of sp³-hybridized carbons (Fsp3) is 0.438. The van der Waals surface area contributed by atoms with Crippen LogP contribution in [0.2, 0.25) is 0 Å². The minimum Gasteiger partial charge on any atom is -0.367 e. The van der Waals surface area contributed by atoms with Crippen LogP contribution < -0.4 is 0 Å². The summed E-state index contributed by atoms with van der Waals surface area (Å²) in [6.07, 6.45) is 0.647. The summed E-state index contributed by atoms with van der Waals surface area (Å²) in [6.45, 7) is 5.15. The summed E-state index contributed by atoms with van der Waals surface area (Å²) in [6, 6.07) is 10.0. The van der Waals surface area contributed by atoms with E-state index in [1.54, 1.807) is 0 Å². The van der Waals surface area contributed by atoms with Crippen molar-refractivity contribution in [3.8, 4) is 0 Å². The third-order valence-electron chi connectivity index (χ3n) is 3.80. The highest BCUT2D eigenvalue weighted by molar-refractivity contribution is 7.08. The number of nitrogens with zero attached hydrogens (tertiary/aromatic N) is 3. The van der Waals surface area contributed by atoms with Crippen LogP contribution in [0, 0.1) is 0 Å². The molecule has 116 valence electrons. The van der Waals surface area contributed by atoms with Gasteiger partial charge < -0.3 is 9.64 Å². The zero-order chi connectivity index (χ0) is 15.5. The van der Waals surface area contributed by atoms with Gasteiger partial charge in [-0.2, -0.15) is 0 Å². The van der Waals surface area contributed by atoms with Gasteiger partial charge in [-0.3, -0.25) is 4.79 Å². The van der Waals surface area contributed by atoms with Crippen molar-refractivity contribution in [2.24, 2.45) is 0 Å². The zero-order valence-corrected chi connectivity index (χ0v) is 13.5. The maximum Gasteiger partial charge on any atom is 0.267 e. The lowest BCUT2D eigenvalue weighted by atomic mass is 10.1. The Balaban J connectivity index is 1.80. The molecule has 6 heteroatoms. The lowest BCUT2D eigenvalue weighted by Crippen LogP contribution is -2.46. The van der Waals surface area contributed by atoms with Crippen LogP contribution in [0.5, 0.6) is 0 Å². The first-order chi connectivity index (χ1) is 10.7. The van der Waals surface area contributed by atoms with Crippen LogP contribution in [-0.2, 0) is 11.2 Å². The van der Waals surface area contributed by atoms with Gasteiger partial charge in [-0.05, 0) is 30.4 Å². The van der Waals surface area contributed by atoms with Crippen LogP contribution in [0.25, 0.3) is 0 Å². The summed E-state index contributed by atoms with van der Waals surface area (Å²) in [5, 5.41) is 4.04. The van der Waals surface area contributed by atoms with Gasteiger partial charge in [0.05, 0.1) is 18.3 Å². The maximum atomic E-state index is 12.8. The molecule has 0 saturated carbocycles. The average Bonchev–Trinajstić information content (AvgIpc) is 3.03. The highest BCUT2D eigenvalue weighted by Crippen LogP contribution is 2.27. The number of rotatable bonds is 3. The maximum absolute atomic E-state index is 12.8. The smallest absolute Gasteiger partial charge is 0.267 e. The van der Waals surface area contributed by atoms with Crippen molar-refractivity contribution < 1.29 is 9.53 Å². The largest absolute Gasteiger partial charge is 0.367 e. The SMILES string of the molecule is CCc1nnsc1C(=O)N1C[C@@H](C)O[C@H](c2ccccc2)C1. The standard InChI is InChI=1S/C16H19N3O2S/c1-3-13-15(22-18-17-13)16(20)19-9-11(2)21-14(10-19)12-7-5-4-6-8-12/h4-8,11,14H,3,9-10H2,1-2H3/t11-,14+/m1/s1. The lowest BCUT2D eigenvalue weighted by Gasteiger charge is -2.36. The first-order valence-electron chi connectivity index (χ1n) is 7.50. The molecule has 1 fully saturated rings. The molecule has 0 N–H and O–H groups in total. The molecule has 1 aromatic heterocycles. The van der Waals surface area contributed by atoms with Crippen molar-refractivity contribution in [2.75, 3.05) is 13.1 Å². The highest BCUT2D eigenvalue weighted by Gasteiger charge is 2.31. The molecule has 0 unspecified atom stereocenters. The molecule has 1 aromatic carbocycles. The van der Waals surface area contributed by atoms with Gasteiger partial charge in [0.15, 0.2) is 0 Å². The number of morpholine rings is 1. The summed E-state index contributed by atoms with van der Waals surface area (Å²) < 4.78 is 9.92. The molecular formula is C16H19N3O2S. The van der Waals surface area contributed by atoms with Crippen molar-refractivity contribution in [3.63, 3.8) is 0 Å². The van der Waals surface area contributed by atoms with Crippen molar-refractivity contribution in [2.45, 2.75) is 32.5 Å². The van der Waals surface area contributed by atoms with E-state index in [2.05, 4.69) is 9.59 Å². The van der Waals surface area contributed by atoms with Gasteiger partial charge in [-0.25, -0.2) is 0 Å². The van der Waals surface area contributed by atoms with Crippen LogP contribution in [0.4, 0.5) is 0 Å². The first-order valence-corrected chi connectivity index (χ1v) is 8.27. The van der Waals surface area contributed by atoms with Gasteiger partial charge >= 0.3 is 0 Å². The number of carbonyl (C=O) groups is 1. The molecule has 2 atom stereocenters. The van der Waals surface area contributed by atoms with E-state index in [1.165, 1.54) is 11.5 Å². The summed E-state index contributed by atoms with van der Waals surface area (Å²) >= 11 is 1.18. The molecule has 0 radical (unpaired) electrons. The molecule has 0 aliphatic carbocycles. The number of aryl methyl sites for hydroxylation is 1. The van der Waals surface area contributed by atoms with Gasteiger partial charge in [0, 0.05) is 6.54 Å². The van der Waals surface area contributed by atoms with Gasteiger partial charge in [-0.15, -0.1) is 5.10 Å². The second kappa shape index (κ2) is 6.54. The number of hydrogen-bond donors (Lipinski definition) is 0. The summed E-state index contributed by atoms with van der Waals surface area (Å²) in [4.78, 5) is 15.3. The molecule has 5 nitrogen and oxygen atoms in total. The molecule has 1 aliphatic rings. The van der Waals surface area contributed by atoms with Crippen LogP contribution in [0.3, 0.4) is 0 Å². The molecule has 2 heterocycles. The molecular weight excluding hydrogens is 298 g/mol. The predicted octanol–water partition coefficient (Wildman–Crippen LogP) is 2.70. The molecule has 1 amide bonds. The van der Waals surface area contributed by atoms with Gasteiger partial charge in [-0.1, -0.05) is 41.7 Å². The molecule has 22 heavy (non-hydrogen) atoms. The van der Waals surface area contributed by atoms with E-state index in [4.69, 9.17) is 4.74 Å². The number of aromatic nitrogens is 2.